The van der Waals surface area contributed by atoms with Crippen LogP contribution in [0.5, 0.6) is 5.75 Å². The molecule has 4 heteroatoms. The van der Waals surface area contributed by atoms with Crippen LogP contribution in [0.1, 0.15) is 28.5 Å². The van der Waals surface area contributed by atoms with E-state index in [1.807, 2.05) is 66.7 Å². The Morgan fingerprint density at radius 1 is 1.08 bits per heavy atom. The molecule has 4 nitrogen and oxygen atoms in total. The van der Waals surface area contributed by atoms with Crippen molar-refractivity contribution in [3.05, 3.63) is 95.3 Å². The van der Waals surface area contributed by atoms with Crippen LogP contribution in [0.2, 0.25) is 0 Å². The fourth-order valence-corrected chi connectivity index (χ4v) is 3.15. The van der Waals surface area contributed by atoms with Gasteiger partial charge in [-0.25, -0.2) is 0 Å². The Balaban J connectivity index is 1.53. The first-order valence-electron chi connectivity index (χ1n) is 8.69. The second-order valence-electron chi connectivity index (χ2n) is 6.25. The molecule has 0 bridgehead atoms. The van der Waals surface area contributed by atoms with Crippen molar-refractivity contribution in [1.29, 1.82) is 0 Å². The van der Waals surface area contributed by atoms with Crippen molar-refractivity contribution in [2.24, 2.45) is 0 Å². The molecule has 0 N–H and O–H groups in total. The van der Waals surface area contributed by atoms with E-state index in [1.165, 1.54) is 0 Å². The van der Waals surface area contributed by atoms with Crippen LogP contribution in [-0.4, -0.2) is 17.6 Å². The smallest absolute Gasteiger partial charge is 0.311 e. The number of carbonyl (C=O) groups is 1. The summed E-state index contributed by atoms with van der Waals surface area (Å²) in [6.45, 7) is 0.707. The molecule has 1 aliphatic heterocycles. The van der Waals surface area contributed by atoms with E-state index in [4.69, 9.17) is 9.47 Å². The summed E-state index contributed by atoms with van der Waals surface area (Å²) in [7, 11) is 0. The van der Waals surface area contributed by atoms with Gasteiger partial charge in [-0.2, -0.15) is 0 Å². The molecule has 4 rings (SSSR count). The van der Waals surface area contributed by atoms with Crippen LogP contribution in [0.25, 0.3) is 0 Å². The molecule has 26 heavy (non-hydrogen) atoms. The molecule has 0 aliphatic carbocycles. The van der Waals surface area contributed by atoms with Crippen molar-refractivity contribution >= 4 is 5.97 Å². The second-order valence-corrected chi connectivity index (χ2v) is 6.25. The van der Waals surface area contributed by atoms with E-state index in [9.17, 15) is 4.79 Å². The molecule has 0 saturated heterocycles. The minimum absolute atomic E-state index is 0.226. The van der Waals surface area contributed by atoms with Crippen LogP contribution in [-0.2, 0) is 22.4 Å². The maximum atomic E-state index is 12.6. The van der Waals surface area contributed by atoms with Gasteiger partial charge >= 0.3 is 5.97 Å². The third-order valence-electron chi connectivity index (χ3n) is 4.41. The number of benzene rings is 2. The lowest BCUT2D eigenvalue weighted by atomic mass is 10.0. The number of hydrogen-bond acceptors (Lipinski definition) is 4. The van der Waals surface area contributed by atoms with Crippen LogP contribution in [0.3, 0.4) is 0 Å². The van der Waals surface area contributed by atoms with Crippen molar-refractivity contribution in [3.63, 3.8) is 0 Å². The van der Waals surface area contributed by atoms with E-state index in [2.05, 4.69) is 4.98 Å². The Morgan fingerprint density at radius 3 is 2.73 bits per heavy atom. The topological polar surface area (TPSA) is 48.4 Å². The lowest BCUT2D eigenvalue weighted by Crippen LogP contribution is -2.15. The summed E-state index contributed by atoms with van der Waals surface area (Å²) in [6, 6.07) is 21.2. The third kappa shape index (κ3) is 3.59. The van der Waals surface area contributed by atoms with Gasteiger partial charge in [0.15, 0.2) is 6.10 Å². The Labute approximate surface area is 152 Å². The SMILES string of the molecule is O=C(Cc1ccc2c(c1)CCO2)O[C@H](c1ccccc1)c1ccccn1. The van der Waals surface area contributed by atoms with Crippen molar-refractivity contribution in [3.8, 4) is 5.75 Å². The molecule has 2 aromatic carbocycles. The molecule has 0 amide bonds. The number of ether oxygens (including phenoxy) is 2. The summed E-state index contributed by atoms with van der Waals surface area (Å²) in [5, 5.41) is 0. The first-order valence-corrected chi connectivity index (χ1v) is 8.69. The first kappa shape index (κ1) is 16.3. The average molecular weight is 345 g/mol. The standard InChI is InChI=1S/C22H19NO3/c24-21(15-16-9-10-20-18(14-16)11-13-25-20)26-22(17-6-2-1-3-7-17)19-8-4-5-12-23-19/h1-10,12,14,22H,11,13,15H2/t22-/m1/s1. The molecule has 0 spiro atoms. The number of pyridine rings is 1. The molecule has 1 aliphatic rings. The zero-order valence-electron chi connectivity index (χ0n) is 14.3. The fourth-order valence-electron chi connectivity index (χ4n) is 3.15. The molecule has 1 atom stereocenters. The van der Waals surface area contributed by atoms with E-state index in [-0.39, 0.29) is 12.4 Å². The predicted octanol–water partition coefficient (Wildman–Crippen LogP) is 3.89. The second kappa shape index (κ2) is 7.40. The zero-order valence-corrected chi connectivity index (χ0v) is 14.3. The quantitative estimate of drug-likeness (QED) is 0.658. The van der Waals surface area contributed by atoms with Crippen molar-refractivity contribution in [2.75, 3.05) is 6.61 Å². The molecule has 0 saturated carbocycles. The van der Waals surface area contributed by atoms with Crippen LogP contribution >= 0.6 is 0 Å². The Bertz CT molecular complexity index is 854. The normalized spacial score (nSPS) is 13.5. The molecule has 0 fully saturated rings. The number of fused-ring (bicyclic) bond motifs is 1. The Morgan fingerprint density at radius 2 is 1.92 bits per heavy atom. The average Bonchev–Trinajstić information content (AvgIpc) is 3.15. The van der Waals surface area contributed by atoms with Crippen molar-refractivity contribution < 1.29 is 14.3 Å². The number of nitrogens with zero attached hydrogens (tertiary/aromatic N) is 1. The third-order valence-corrected chi connectivity index (χ3v) is 4.41. The number of esters is 1. The van der Waals surface area contributed by atoms with Gasteiger partial charge in [0.1, 0.15) is 5.75 Å². The monoisotopic (exact) mass is 345 g/mol. The molecule has 0 radical (unpaired) electrons. The predicted molar refractivity (Wildman–Crippen MR) is 98.0 cm³/mol. The molecular weight excluding hydrogens is 326 g/mol. The number of rotatable bonds is 5. The largest absolute Gasteiger partial charge is 0.493 e. The molecule has 130 valence electrons. The maximum Gasteiger partial charge on any atom is 0.311 e. The van der Waals surface area contributed by atoms with Crippen molar-refractivity contribution in [2.45, 2.75) is 18.9 Å². The number of carbonyl (C=O) groups excluding carboxylic acids is 1. The van der Waals surface area contributed by atoms with E-state index in [0.29, 0.717) is 6.61 Å². The lowest BCUT2D eigenvalue weighted by molar-refractivity contribution is -0.146. The van der Waals surface area contributed by atoms with Gasteiger partial charge in [-0.05, 0) is 34.9 Å². The zero-order chi connectivity index (χ0) is 17.8. The summed E-state index contributed by atoms with van der Waals surface area (Å²) < 4.78 is 11.3. The minimum Gasteiger partial charge on any atom is -0.493 e. The highest BCUT2D eigenvalue weighted by Crippen LogP contribution is 2.27. The summed E-state index contributed by atoms with van der Waals surface area (Å²) >= 11 is 0. The van der Waals surface area contributed by atoms with Gasteiger partial charge in [-0.1, -0.05) is 48.5 Å². The highest BCUT2D eigenvalue weighted by atomic mass is 16.5. The summed E-state index contributed by atoms with van der Waals surface area (Å²) in [4.78, 5) is 17.0. The van der Waals surface area contributed by atoms with Gasteiger partial charge in [-0.3, -0.25) is 9.78 Å². The molecular formula is C22H19NO3. The molecule has 1 aromatic heterocycles. The van der Waals surface area contributed by atoms with Crippen LogP contribution < -0.4 is 4.74 Å². The summed E-state index contributed by atoms with van der Waals surface area (Å²) in [5.41, 5.74) is 3.71. The highest BCUT2D eigenvalue weighted by molar-refractivity contribution is 5.73. The number of hydrogen-bond donors (Lipinski definition) is 0. The summed E-state index contributed by atoms with van der Waals surface area (Å²) in [6.07, 6.45) is 2.31. The van der Waals surface area contributed by atoms with Gasteiger partial charge in [-0.15, -0.1) is 0 Å². The summed E-state index contributed by atoms with van der Waals surface area (Å²) in [5.74, 6) is 0.640. The van der Waals surface area contributed by atoms with Gasteiger partial charge in [0.05, 0.1) is 18.7 Å². The van der Waals surface area contributed by atoms with E-state index in [1.54, 1.807) is 6.20 Å². The van der Waals surface area contributed by atoms with E-state index < -0.39 is 6.10 Å². The highest BCUT2D eigenvalue weighted by Gasteiger charge is 2.21. The van der Waals surface area contributed by atoms with Gasteiger partial charge < -0.3 is 9.47 Å². The van der Waals surface area contributed by atoms with Crippen LogP contribution in [0, 0.1) is 0 Å². The molecule has 0 unspecified atom stereocenters. The Kier molecular flexibility index (Phi) is 4.65. The Hall–Kier alpha value is -3.14. The van der Waals surface area contributed by atoms with Gasteiger partial charge in [0, 0.05) is 12.6 Å². The maximum absolute atomic E-state index is 12.6. The van der Waals surface area contributed by atoms with Gasteiger partial charge in [0.2, 0.25) is 0 Å². The first-order chi connectivity index (χ1) is 12.8. The molecule has 2 heterocycles. The van der Waals surface area contributed by atoms with E-state index in [0.717, 1.165) is 34.6 Å². The van der Waals surface area contributed by atoms with Crippen LogP contribution in [0.15, 0.2) is 72.9 Å². The van der Waals surface area contributed by atoms with Crippen molar-refractivity contribution in [1.82, 2.24) is 4.98 Å². The van der Waals surface area contributed by atoms with Crippen LogP contribution in [0.4, 0.5) is 0 Å². The minimum atomic E-state index is -0.511. The van der Waals surface area contributed by atoms with Gasteiger partial charge in [0.25, 0.3) is 0 Å². The van der Waals surface area contributed by atoms with E-state index >= 15 is 0 Å². The fraction of sp³-hybridized carbons (Fsp3) is 0.182. The molecule has 3 aromatic rings. The number of aromatic nitrogens is 1. The lowest BCUT2D eigenvalue weighted by Gasteiger charge is -2.18.